The van der Waals surface area contributed by atoms with E-state index in [9.17, 15) is 0 Å². The van der Waals surface area contributed by atoms with Gasteiger partial charge in [-0.15, -0.1) is 0 Å². The van der Waals surface area contributed by atoms with E-state index in [-0.39, 0.29) is 0 Å². The first-order chi connectivity index (χ1) is 30.3. The molecule has 0 bridgehead atoms. The number of nitrogens with zero attached hydrogens (tertiary/aromatic N) is 3. The number of aromatic nitrogens is 3. The van der Waals surface area contributed by atoms with Crippen molar-refractivity contribution in [3.8, 4) is 61.8 Å². The van der Waals surface area contributed by atoms with Gasteiger partial charge in [-0.05, 0) is 67.9 Å². The van der Waals surface area contributed by atoms with Crippen molar-refractivity contribution in [3.63, 3.8) is 0 Å². The maximum atomic E-state index is 5.53. The van der Waals surface area contributed by atoms with Gasteiger partial charge in [0.05, 0.1) is 22.4 Å². The van der Waals surface area contributed by atoms with Gasteiger partial charge in [0, 0.05) is 44.1 Å². The molecule has 2 heterocycles. The summed E-state index contributed by atoms with van der Waals surface area (Å²) >= 11 is 0. The van der Waals surface area contributed by atoms with Gasteiger partial charge in [-0.25, -0.2) is 9.97 Å². The van der Waals surface area contributed by atoms with Crippen molar-refractivity contribution in [1.29, 1.82) is 0 Å². The van der Waals surface area contributed by atoms with Crippen molar-refractivity contribution < 1.29 is 0 Å². The summed E-state index contributed by atoms with van der Waals surface area (Å²) in [6.07, 6.45) is 0. The summed E-state index contributed by atoms with van der Waals surface area (Å²) in [5.41, 5.74) is 13.0. The van der Waals surface area contributed by atoms with Crippen molar-refractivity contribution >= 4 is 54.1 Å². The molecule has 0 atom stereocenters. The van der Waals surface area contributed by atoms with Crippen LogP contribution in [0.5, 0.6) is 0 Å². The molecule has 0 aliphatic rings. The summed E-state index contributed by atoms with van der Waals surface area (Å²) < 4.78 is 2.41. The Kier molecular flexibility index (Phi) is 8.17. The lowest BCUT2D eigenvalue weighted by Gasteiger charge is -2.20. The van der Waals surface area contributed by atoms with Crippen LogP contribution in [-0.4, -0.2) is 14.5 Å². The van der Waals surface area contributed by atoms with Gasteiger partial charge in [0.25, 0.3) is 0 Å². The summed E-state index contributed by atoms with van der Waals surface area (Å²) in [5.74, 6) is 0.684. The predicted molar refractivity (Wildman–Crippen MR) is 256 cm³/mol. The Labute approximate surface area is 353 Å². The molecule has 10 aromatic carbocycles. The smallest absolute Gasteiger partial charge is 0.160 e. The Morgan fingerprint density at radius 1 is 0.328 bits per heavy atom. The minimum absolute atomic E-state index is 0.684. The highest BCUT2D eigenvalue weighted by Gasteiger charge is 2.23. The van der Waals surface area contributed by atoms with Gasteiger partial charge >= 0.3 is 0 Å². The molecule has 0 unspecified atom stereocenters. The lowest BCUT2D eigenvalue weighted by Crippen LogP contribution is -1.99. The fourth-order valence-corrected chi connectivity index (χ4v) is 9.58. The molecule has 3 nitrogen and oxygen atoms in total. The highest BCUT2D eigenvalue weighted by molar-refractivity contribution is 6.27. The summed E-state index contributed by atoms with van der Waals surface area (Å²) in [5, 5.41) is 9.54. The minimum atomic E-state index is 0.684. The molecule has 2 aromatic heterocycles. The first-order valence-electron chi connectivity index (χ1n) is 20.8. The molecule has 0 radical (unpaired) electrons. The van der Waals surface area contributed by atoms with Crippen LogP contribution < -0.4 is 0 Å². The van der Waals surface area contributed by atoms with Gasteiger partial charge in [0.2, 0.25) is 0 Å². The van der Waals surface area contributed by atoms with Crippen LogP contribution in [0.3, 0.4) is 0 Å². The van der Waals surface area contributed by atoms with E-state index in [2.05, 4.69) is 223 Å². The van der Waals surface area contributed by atoms with E-state index in [0.717, 1.165) is 50.3 Å². The molecule has 0 N–H and O–H groups in total. The number of para-hydroxylation sites is 3. The van der Waals surface area contributed by atoms with Gasteiger partial charge in [-0.2, -0.15) is 0 Å². The monoisotopic (exact) mass is 775 g/mol. The molecule has 61 heavy (non-hydrogen) atoms. The van der Waals surface area contributed by atoms with Crippen LogP contribution in [0.15, 0.2) is 224 Å². The van der Waals surface area contributed by atoms with E-state index >= 15 is 0 Å². The van der Waals surface area contributed by atoms with Gasteiger partial charge in [0.15, 0.2) is 5.82 Å². The van der Waals surface area contributed by atoms with Gasteiger partial charge in [-0.3, -0.25) is 0 Å². The number of rotatable bonds is 6. The zero-order chi connectivity index (χ0) is 40.3. The Bertz CT molecular complexity index is 3630. The van der Waals surface area contributed by atoms with Crippen molar-refractivity contribution in [1.82, 2.24) is 14.5 Å². The molecular weight excluding hydrogens is 739 g/mol. The predicted octanol–water partition coefficient (Wildman–Crippen LogP) is 15.4. The number of fused-ring (bicyclic) bond motifs is 7. The third kappa shape index (κ3) is 5.66. The third-order valence-corrected chi connectivity index (χ3v) is 12.2. The Morgan fingerprint density at radius 2 is 0.885 bits per heavy atom. The number of hydrogen-bond acceptors (Lipinski definition) is 2. The average Bonchev–Trinajstić information content (AvgIpc) is 3.68. The van der Waals surface area contributed by atoms with Crippen molar-refractivity contribution in [3.05, 3.63) is 224 Å². The summed E-state index contributed by atoms with van der Waals surface area (Å²) in [7, 11) is 0. The summed E-state index contributed by atoms with van der Waals surface area (Å²) in [6.45, 7) is 0. The first-order valence-corrected chi connectivity index (χ1v) is 20.8. The van der Waals surface area contributed by atoms with Crippen molar-refractivity contribution in [2.24, 2.45) is 0 Å². The van der Waals surface area contributed by atoms with Gasteiger partial charge in [0.1, 0.15) is 0 Å². The normalized spacial score (nSPS) is 11.6. The molecular formula is C58H37N3. The third-order valence-electron chi connectivity index (χ3n) is 12.2. The topological polar surface area (TPSA) is 30.7 Å². The fourth-order valence-electron chi connectivity index (χ4n) is 9.58. The van der Waals surface area contributed by atoms with E-state index in [4.69, 9.17) is 9.97 Å². The van der Waals surface area contributed by atoms with Gasteiger partial charge in [-0.1, -0.05) is 200 Å². The quantitative estimate of drug-likeness (QED) is 0.124. The van der Waals surface area contributed by atoms with E-state index in [1.54, 1.807) is 0 Å². The molecule has 0 spiro atoms. The van der Waals surface area contributed by atoms with E-state index < -0.39 is 0 Å². The molecule has 0 amide bonds. The summed E-state index contributed by atoms with van der Waals surface area (Å²) in [6, 6.07) is 80.4. The molecule has 0 fully saturated rings. The number of hydrogen-bond donors (Lipinski definition) is 0. The second-order valence-electron chi connectivity index (χ2n) is 15.6. The zero-order valence-corrected chi connectivity index (χ0v) is 33.2. The second-order valence-corrected chi connectivity index (χ2v) is 15.6. The Balaban J connectivity index is 1.19. The van der Waals surface area contributed by atoms with Crippen LogP contribution >= 0.6 is 0 Å². The van der Waals surface area contributed by atoms with E-state index in [0.29, 0.717) is 5.82 Å². The molecule has 284 valence electrons. The van der Waals surface area contributed by atoms with E-state index in [1.165, 1.54) is 59.9 Å². The maximum absolute atomic E-state index is 5.53. The Morgan fingerprint density at radius 3 is 1.66 bits per heavy atom. The molecule has 3 heteroatoms. The number of benzene rings is 10. The first kappa shape index (κ1) is 34.9. The van der Waals surface area contributed by atoms with Crippen LogP contribution in [0, 0.1) is 0 Å². The lowest BCUT2D eigenvalue weighted by molar-refractivity contribution is 1.18. The lowest BCUT2D eigenvalue weighted by atomic mass is 9.85. The average molecular weight is 776 g/mol. The molecule has 0 aliphatic carbocycles. The standard InChI is InChI=1S/C58H37N3/c1-4-20-39(21-5-1)54-46-30-14-15-31-47(46)56(55-42-26-11-10-19-38(42)35-36-50(54)55)52-37-51(59-58(60-52)40-22-6-2-7-23-40)44-28-13-12-27-43(44)48-32-18-33-49-45-29-16-17-34-53(45)61(57(48)49)41-24-8-3-9-25-41/h1-37H. The van der Waals surface area contributed by atoms with Crippen molar-refractivity contribution in [2.75, 3.05) is 0 Å². The largest absolute Gasteiger partial charge is 0.309 e. The van der Waals surface area contributed by atoms with Crippen LogP contribution in [0.2, 0.25) is 0 Å². The molecule has 12 aromatic rings. The summed E-state index contributed by atoms with van der Waals surface area (Å²) in [4.78, 5) is 11.0. The highest BCUT2D eigenvalue weighted by atomic mass is 15.0. The van der Waals surface area contributed by atoms with Crippen LogP contribution in [0.1, 0.15) is 0 Å². The molecule has 0 saturated heterocycles. The van der Waals surface area contributed by atoms with Crippen LogP contribution in [0.25, 0.3) is 116 Å². The van der Waals surface area contributed by atoms with Crippen molar-refractivity contribution in [2.45, 2.75) is 0 Å². The van der Waals surface area contributed by atoms with Crippen LogP contribution in [0.4, 0.5) is 0 Å². The minimum Gasteiger partial charge on any atom is -0.309 e. The van der Waals surface area contributed by atoms with E-state index in [1.807, 2.05) is 6.07 Å². The maximum Gasteiger partial charge on any atom is 0.160 e. The highest BCUT2D eigenvalue weighted by Crippen LogP contribution is 2.47. The van der Waals surface area contributed by atoms with Crippen LogP contribution in [-0.2, 0) is 0 Å². The van der Waals surface area contributed by atoms with Gasteiger partial charge < -0.3 is 4.57 Å². The molecule has 0 saturated carbocycles. The second kappa shape index (κ2) is 14.3. The molecule has 0 aliphatic heterocycles. The SMILES string of the molecule is c1ccc(-c2nc(-c3ccccc3-c3cccc4c5ccccc5n(-c5ccccc5)c34)cc(-c3c4ccccc4c(-c4ccccc4)c4ccc5ccccc5c34)n2)cc1. The Hall–Kier alpha value is -8.14. The fraction of sp³-hybridized carbons (Fsp3) is 0. The zero-order valence-electron chi connectivity index (χ0n) is 33.2. The molecule has 12 rings (SSSR count).